The molecule has 2 rings (SSSR count). The highest BCUT2D eigenvalue weighted by Gasteiger charge is 2.12. The normalized spacial score (nSPS) is 12.4. The molecule has 1 atom stereocenters. The minimum absolute atomic E-state index is 0. The van der Waals surface area contributed by atoms with Gasteiger partial charge < -0.3 is 10.6 Å². The second-order valence-corrected chi connectivity index (χ2v) is 8.30. The SMILES string of the molecule is CCc1cccc(N(C)C(N)=Nc2cc(Br)cc(S(C)=O)c2Br)c1.Cl. The van der Waals surface area contributed by atoms with Crippen LogP contribution < -0.4 is 10.6 Å². The maximum Gasteiger partial charge on any atom is 0.200 e. The van der Waals surface area contributed by atoms with E-state index in [1.54, 1.807) is 6.26 Å². The molecule has 0 fully saturated rings. The van der Waals surface area contributed by atoms with Crippen LogP contribution in [0.5, 0.6) is 0 Å². The van der Waals surface area contributed by atoms with Crippen LogP contribution in [0.1, 0.15) is 12.5 Å². The summed E-state index contributed by atoms with van der Waals surface area (Å²) in [6.07, 6.45) is 2.59. The number of benzene rings is 2. The predicted octanol–water partition coefficient (Wildman–Crippen LogP) is 5.02. The third kappa shape index (κ3) is 5.54. The van der Waals surface area contributed by atoms with E-state index in [9.17, 15) is 4.21 Å². The summed E-state index contributed by atoms with van der Waals surface area (Å²) in [6.45, 7) is 2.11. The highest BCUT2D eigenvalue weighted by atomic mass is 79.9. The van der Waals surface area contributed by atoms with Crippen LogP contribution in [0.4, 0.5) is 11.4 Å². The van der Waals surface area contributed by atoms with Crippen molar-refractivity contribution in [2.75, 3.05) is 18.2 Å². The molecule has 2 N–H and O–H groups in total. The Morgan fingerprint density at radius 1 is 1.28 bits per heavy atom. The van der Waals surface area contributed by atoms with Gasteiger partial charge >= 0.3 is 0 Å². The predicted molar refractivity (Wildman–Crippen MR) is 117 cm³/mol. The van der Waals surface area contributed by atoms with Crippen LogP contribution in [-0.4, -0.2) is 23.5 Å². The third-order valence-corrected chi connectivity index (χ3v) is 6.07. The molecule has 0 aliphatic rings. The molecule has 0 amide bonds. The summed E-state index contributed by atoms with van der Waals surface area (Å²) in [5.41, 5.74) is 9.02. The summed E-state index contributed by atoms with van der Waals surface area (Å²) >= 11 is 6.90. The number of guanidine groups is 1. The largest absolute Gasteiger partial charge is 0.369 e. The fourth-order valence-corrected chi connectivity index (χ4v) is 4.41. The van der Waals surface area contributed by atoms with Gasteiger partial charge in [-0.2, -0.15) is 0 Å². The van der Waals surface area contributed by atoms with Gasteiger partial charge in [0.15, 0.2) is 0 Å². The lowest BCUT2D eigenvalue weighted by Gasteiger charge is -2.19. The zero-order valence-electron chi connectivity index (χ0n) is 14.1. The average molecular weight is 510 g/mol. The maximum atomic E-state index is 11.9. The lowest BCUT2D eigenvalue weighted by Crippen LogP contribution is -2.33. The Kier molecular flexibility index (Phi) is 8.60. The summed E-state index contributed by atoms with van der Waals surface area (Å²) < 4.78 is 13.3. The van der Waals surface area contributed by atoms with E-state index in [-0.39, 0.29) is 12.4 Å². The van der Waals surface area contributed by atoms with Crippen molar-refractivity contribution in [1.82, 2.24) is 0 Å². The number of hydrogen-bond donors (Lipinski definition) is 1. The summed E-state index contributed by atoms with van der Waals surface area (Å²) in [4.78, 5) is 7.00. The molecule has 2 aromatic carbocycles. The second-order valence-electron chi connectivity index (χ2n) is 5.24. The summed E-state index contributed by atoms with van der Waals surface area (Å²) in [6, 6.07) is 11.8. The van der Waals surface area contributed by atoms with Gasteiger partial charge in [-0.15, -0.1) is 12.4 Å². The number of nitrogens with zero attached hydrogens (tertiary/aromatic N) is 2. The Morgan fingerprint density at radius 2 is 1.96 bits per heavy atom. The van der Waals surface area contributed by atoms with Crippen LogP contribution in [0.2, 0.25) is 0 Å². The molecule has 0 aliphatic carbocycles. The Labute approximate surface area is 174 Å². The van der Waals surface area contributed by atoms with Crippen molar-refractivity contribution in [2.24, 2.45) is 10.7 Å². The molecule has 0 aromatic heterocycles. The second kappa shape index (κ2) is 9.71. The van der Waals surface area contributed by atoms with Crippen LogP contribution in [-0.2, 0) is 17.2 Å². The van der Waals surface area contributed by atoms with E-state index in [2.05, 4.69) is 55.9 Å². The van der Waals surface area contributed by atoms with Crippen molar-refractivity contribution in [3.8, 4) is 0 Å². The number of aryl methyl sites for hydroxylation is 1. The van der Waals surface area contributed by atoms with Crippen LogP contribution in [0, 0.1) is 0 Å². The quantitative estimate of drug-likeness (QED) is 0.465. The Hall–Kier alpha value is -0.890. The number of rotatable bonds is 4. The number of anilines is 1. The fourth-order valence-electron chi connectivity index (χ4n) is 2.16. The fraction of sp³-hybridized carbons (Fsp3) is 0.235. The molecule has 2 aromatic rings. The van der Waals surface area contributed by atoms with Gasteiger partial charge in [-0.1, -0.05) is 35.0 Å². The lowest BCUT2D eigenvalue weighted by atomic mass is 10.1. The number of hydrogen-bond acceptors (Lipinski definition) is 2. The van der Waals surface area contributed by atoms with Gasteiger partial charge in [-0.3, -0.25) is 4.21 Å². The Bertz CT molecular complexity index is 814. The first kappa shape index (κ1) is 22.2. The van der Waals surface area contributed by atoms with Crippen molar-refractivity contribution in [3.63, 3.8) is 0 Å². The molecule has 1 unspecified atom stereocenters. The zero-order chi connectivity index (χ0) is 17.9. The molecule has 0 bridgehead atoms. The minimum atomic E-state index is -1.13. The van der Waals surface area contributed by atoms with E-state index in [0.29, 0.717) is 21.0 Å². The van der Waals surface area contributed by atoms with Crippen LogP contribution in [0.15, 0.2) is 55.2 Å². The Morgan fingerprint density at radius 3 is 2.56 bits per heavy atom. The maximum absolute atomic E-state index is 11.9. The molecule has 0 saturated heterocycles. The first-order valence-electron chi connectivity index (χ1n) is 7.32. The van der Waals surface area contributed by atoms with Crippen LogP contribution in [0.3, 0.4) is 0 Å². The molecule has 0 saturated carbocycles. The van der Waals surface area contributed by atoms with Gasteiger partial charge in [-0.25, -0.2) is 4.99 Å². The molecule has 136 valence electrons. The standard InChI is InChI=1S/C17H19Br2N3OS.ClH/c1-4-11-6-5-7-13(8-11)22(2)17(20)21-14-9-12(18)10-15(16(14)19)24(3)23;/h5-10H,4H2,1-3H3,(H2,20,21);1H. The highest BCUT2D eigenvalue weighted by molar-refractivity contribution is 9.11. The van der Waals surface area contributed by atoms with Crippen molar-refractivity contribution < 1.29 is 4.21 Å². The van der Waals surface area contributed by atoms with Crippen molar-refractivity contribution >= 4 is 72.4 Å². The summed E-state index contributed by atoms with van der Waals surface area (Å²) in [7, 11) is 0.746. The van der Waals surface area contributed by atoms with E-state index in [1.165, 1.54) is 5.56 Å². The molecule has 4 nitrogen and oxygen atoms in total. The van der Waals surface area contributed by atoms with E-state index < -0.39 is 10.8 Å². The van der Waals surface area contributed by atoms with Gasteiger partial charge in [0.1, 0.15) is 0 Å². The van der Waals surface area contributed by atoms with Crippen molar-refractivity contribution in [3.05, 3.63) is 50.9 Å². The zero-order valence-corrected chi connectivity index (χ0v) is 18.9. The van der Waals surface area contributed by atoms with E-state index in [4.69, 9.17) is 5.73 Å². The van der Waals surface area contributed by atoms with Crippen molar-refractivity contribution in [1.29, 1.82) is 0 Å². The number of aliphatic imine (C=N–C) groups is 1. The molecule has 0 heterocycles. The lowest BCUT2D eigenvalue weighted by molar-refractivity contribution is 0.686. The molecule has 8 heteroatoms. The van der Waals surface area contributed by atoms with Gasteiger partial charge in [0.05, 0.1) is 25.9 Å². The van der Waals surface area contributed by atoms with Crippen LogP contribution >= 0.6 is 44.3 Å². The number of nitrogens with two attached hydrogens (primary N) is 1. The monoisotopic (exact) mass is 507 g/mol. The summed E-state index contributed by atoms with van der Waals surface area (Å²) in [5, 5.41) is 0. The van der Waals surface area contributed by atoms with E-state index in [0.717, 1.165) is 16.6 Å². The van der Waals surface area contributed by atoms with Gasteiger partial charge in [0.25, 0.3) is 0 Å². The first-order chi connectivity index (χ1) is 11.3. The average Bonchev–Trinajstić information content (AvgIpc) is 2.56. The molecule has 25 heavy (non-hydrogen) atoms. The van der Waals surface area contributed by atoms with Gasteiger partial charge in [-0.05, 0) is 52.2 Å². The number of halogens is 3. The smallest absolute Gasteiger partial charge is 0.200 e. The van der Waals surface area contributed by atoms with Crippen molar-refractivity contribution in [2.45, 2.75) is 18.2 Å². The molecule has 0 aliphatic heterocycles. The minimum Gasteiger partial charge on any atom is -0.369 e. The van der Waals surface area contributed by atoms with E-state index in [1.807, 2.05) is 36.2 Å². The van der Waals surface area contributed by atoms with Gasteiger partial charge in [0, 0.05) is 23.5 Å². The molecule has 0 radical (unpaired) electrons. The van der Waals surface area contributed by atoms with E-state index >= 15 is 0 Å². The first-order valence-corrected chi connectivity index (χ1v) is 10.5. The highest BCUT2D eigenvalue weighted by Crippen LogP contribution is 2.34. The van der Waals surface area contributed by atoms with Crippen LogP contribution in [0.25, 0.3) is 0 Å². The molecule has 0 spiro atoms. The summed E-state index contributed by atoms with van der Waals surface area (Å²) in [5.74, 6) is 0.356. The topological polar surface area (TPSA) is 58.7 Å². The molecular weight excluding hydrogens is 490 g/mol. The Balaban J connectivity index is 0.00000312. The van der Waals surface area contributed by atoms with Gasteiger partial charge in [0.2, 0.25) is 5.96 Å². The molecular formula is C17H20Br2ClN3OS. The third-order valence-electron chi connectivity index (χ3n) is 3.58.